The predicted octanol–water partition coefficient (Wildman–Crippen LogP) is 3.01. The van der Waals surface area contributed by atoms with Gasteiger partial charge in [0.1, 0.15) is 0 Å². The number of carbonyl (C=O) groups excluding carboxylic acids is 1. The van der Waals surface area contributed by atoms with Crippen molar-refractivity contribution in [3.63, 3.8) is 0 Å². The summed E-state index contributed by atoms with van der Waals surface area (Å²) in [6, 6.07) is 5.23. The first kappa shape index (κ1) is 16.9. The number of amides is 1. The van der Waals surface area contributed by atoms with Crippen LogP contribution in [0.25, 0.3) is 0 Å². The summed E-state index contributed by atoms with van der Waals surface area (Å²) in [5.74, 6) is 1.35. The maximum absolute atomic E-state index is 12.0. The van der Waals surface area contributed by atoms with E-state index in [1.807, 2.05) is 6.26 Å². The van der Waals surface area contributed by atoms with E-state index in [4.69, 9.17) is 9.47 Å². The van der Waals surface area contributed by atoms with Gasteiger partial charge in [-0.1, -0.05) is 23.5 Å². The van der Waals surface area contributed by atoms with Crippen LogP contribution in [0.5, 0.6) is 11.5 Å². The van der Waals surface area contributed by atoms with E-state index in [1.165, 1.54) is 35.1 Å². The lowest BCUT2D eigenvalue weighted by Gasteiger charge is -2.10. The second-order valence-electron chi connectivity index (χ2n) is 3.95. The van der Waals surface area contributed by atoms with E-state index in [1.54, 1.807) is 32.4 Å². The van der Waals surface area contributed by atoms with Crippen molar-refractivity contribution in [2.75, 3.05) is 31.5 Å². The van der Waals surface area contributed by atoms with Gasteiger partial charge in [-0.05, 0) is 29.9 Å². The highest BCUT2D eigenvalue weighted by Crippen LogP contribution is 2.30. The van der Waals surface area contributed by atoms with Gasteiger partial charge in [0.2, 0.25) is 11.1 Å². The van der Waals surface area contributed by atoms with Gasteiger partial charge in [0.05, 0.1) is 20.0 Å². The van der Waals surface area contributed by atoms with Gasteiger partial charge in [-0.2, -0.15) is 4.37 Å². The summed E-state index contributed by atoms with van der Waals surface area (Å²) in [4.78, 5) is 16.2. The molecule has 0 aliphatic heterocycles. The molecular formula is C13H15N3O3S3. The lowest BCUT2D eigenvalue weighted by Crippen LogP contribution is -2.14. The standard InChI is InChI=1S/C13H15N3O3S3/c1-18-9-5-4-8(6-10(9)19-2)14-11(17)7-21-13-15-12(20-3)16-22-13/h4-6H,7H2,1-3H3,(H,14,17). The number of carbonyl (C=O) groups is 1. The molecule has 1 N–H and O–H groups in total. The molecule has 6 nitrogen and oxygen atoms in total. The van der Waals surface area contributed by atoms with Crippen molar-refractivity contribution in [3.8, 4) is 11.5 Å². The van der Waals surface area contributed by atoms with Gasteiger partial charge in [0.25, 0.3) is 0 Å². The molecule has 0 fully saturated rings. The monoisotopic (exact) mass is 357 g/mol. The lowest BCUT2D eigenvalue weighted by atomic mass is 10.2. The molecule has 1 amide bonds. The second-order valence-corrected chi connectivity index (χ2v) is 6.70. The molecular weight excluding hydrogens is 342 g/mol. The number of aromatic nitrogens is 2. The zero-order valence-electron chi connectivity index (χ0n) is 12.3. The molecule has 0 aliphatic carbocycles. The molecule has 0 saturated heterocycles. The van der Waals surface area contributed by atoms with Crippen molar-refractivity contribution < 1.29 is 14.3 Å². The molecule has 2 rings (SSSR count). The topological polar surface area (TPSA) is 73.3 Å². The van der Waals surface area contributed by atoms with Crippen molar-refractivity contribution in [3.05, 3.63) is 18.2 Å². The van der Waals surface area contributed by atoms with E-state index < -0.39 is 0 Å². The summed E-state index contributed by atoms with van der Waals surface area (Å²) in [6.07, 6.45) is 1.92. The summed E-state index contributed by atoms with van der Waals surface area (Å²) < 4.78 is 15.3. The predicted molar refractivity (Wildman–Crippen MR) is 90.6 cm³/mol. The number of anilines is 1. The quantitative estimate of drug-likeness (QED) is 0.764. The Morgan fingerprint density at radius 1 is 1.32 bits per heavy atom. The van der Waals surface area contributed by atoms with E-state index in [2.05, 4.69) is 14.7 Å². The number of benzene rings is 1. The fourth-order valence-corrected chi connectivity index (χ4v) is 3.59. The summed E-state index contributed by atoms with van der Waals surface area (Å²) in [5.41, 5.74) is 0.658. The van der Waals surface area contributed by atoms with Gasteiger partial charge in [0.15, 0.2) is 15.8 Å². The van der Waals surface area contributed by atoms with Crippen LogP contribution in [-0.4, -0.2) is 41.5 Å². The highest BCUT2D eigenvalue weighted by molar-refractivity contribution is 8.01. The number of hydrogen-bond acceptors (Lipinski definition) is 8. The van der Waals surface area contributed by atoms with Gasteiger partial charge < -0.3 is 14.8 Å². The number of hydrogen-bond donors (Lipinski definition) is 1. The van der Waals surface area contributed by atoms with Crippen LogP contribution < -0.4 is 14.8 Å². The van der Waals surface area contributed by atoms with Gasteiger partial charge in [0, 0.05) is 11.8 Å². The van der Waals surface area contributed by atoms with E-state index in [0.717, 1.165) is 9.50 Å². The molecule has 0 unspecified atom stereocenters. The minimum Gasteiger partial charge on any atom is -0.493 e. The number of methoxy groups -OCH3 is 2. The normalized spacial score (nSPS) is 10.3. The Hall–Kier alpha value is -1.45. The van der Waals surface area contributed by atoms with Gasteiger partial charge >= 0.3 is 0 Å². The highest BCUT2D eigenvalue weighted by atomic mass is 32.2. The molecule has 118 valence electrons. The number of thioether (sulfide) groups is 2. The molecule has 2 aromatic rings. The van der Waals surface area contributed by atoms with Crippen molar-refractivity contribution in [2.45, 2.75) is 9.50 Å². The first-order valence-electron chi connectivity index (χ1n) is 6.18. The molecule has 22 heavy (non-hydrogen) atoms. The van der Waals surface area contributed by atoms with Crippen LogP contribution in [0.1, 0.15) is 0 Å². The molecule has 0 atom stereocenters. The smallest absolute Gasteiger partial charge is 0.234 e. The van der Waals surface area contributed by atoms with Crippen molar-refractivity contribution >= 4 is 46.7 Å². The Balaban J connectivity index is 1.91. The number of nitrogens with one attached hydrogen (secondary N) is 1. The summed E-state index contributed by atoms with van der Waals surface area (Å²) in [5, 5.41) is 3.54. The van der Waals surface area contributed by atoms with Crippen LogP contribution in [0, 0.1) is 0 Å². The van der Waals surface area contributed by atoms with Crippen molar-refractivity contribution in [2.24, 2.45) is 0 Å². The van der Waals surface area contributed by atoms with Gasteiger partial charge in [-0.3, -0.25) is 4.79 Å². The first-order chi connectivity index (χ1) is 10.7. The molecule has 0 bridgehead atoms. The van der Waals surface area contributed by atoms with Crippen LogP contribution >= 0.6 is 35.1 Å². The molecule has 1 heterocycles. The Labute approximate surface area is 141 Å². The number of rotatable bonds is 7. The molecule has 0 spiro atoms. The fraction of sp³-hybridized carbons (Fsp3) is 0.308. The highest BCUT2D eigenvalue weighted by Gasteiger charge is 2.10. The SMILES string of the molecule is COc1ccc(NC(=O)CSc2nc(SC)ns2)cc1OC. The number of nitrogens with zero attached hydrogens (tertiary/aromatic N) is 2. The van der Waals surface area contributed by atoms with E-state index in [0.29, 0.717) is 17.2 Å². The lowest BCUT2D eigenvalue weighted by molar-refractivity contribution is -0.113. The van der Waals surface area contributed by atoms with Crippen LogP contribution in [0.2, 0.25) is 0 Å². The van der Waals surface area contributed by atoms with Gasteiger partial charge in [-0.25, -0.2) is 4.98 Å². The minimum absolute atomic E-state index is 0.113. The minimum atomic E-state index is -0.113. The molecule has 0 saturated carbocycles. The van der Waals surface area contributed by atoms with E-state index in [9.17, 15) is 4.79 Å². The third-order valence-electron chi connectivity index (χ3n) is 2.57. The van der Waals surface area contributed by atoms with Crippen LogP contribution in [0.15, 0.2) is 27.7 Å². The zero-order valence-corrected chi connectivity index (χ0v) is 14.7. The van der Waals surface area contributed by atoms with E-state index >= 15 is 0 Å². The Morgan fingerprint density at radius 3 is 2.73 bits per heavy atom. The third kappa shape index (κ3) is 4.52. The van der Waals surface area contributed by atoms with Crippen molar-refractivity contribution in [1.82, 2.24) is 9.36 Å². The van der Waals surface area contributed by atoms with E-state index in [-0.39, 0.29) is 11.7 Å². The fourth-order valence-electron chi connectivity index (χ4n) is 1.58. The Morgan fingerprint density at radius 2 is 2.09 bits per heavy atom. The molecule has 1 aromatic heterocycles. The van der Waals surface area contributed by atoms with Crippen molar-refractivity contribution in [1.29, 1.82) is 0 Å². The third-order valence-corrected chi connectivity index (χ3v) is 5.06. The summed E-state index contributed by atoms with van der Waals surface area (Å²) >= 11 is 4.15. The molecule has 9 heteroatoms. The average molecular weight is 357 g/mol. The summed E-state index contributed by atoms with van der Waals surface area (Å²) in [7, 11) is 3.12. The Bertz CT molecular complexity index is 648. The Kier molecular flexibility index (Phi) is 6.34. The zero-order chi connectivity index (χ0) is 15.9. The van der Waals surface area contributed by atoms with Crippen LogP contribution in [0.3, 0.4) is 0 Å². The van der Waals surface area contributed by atoms with Crippen LogP contribution in [-0.2, 0) is 4.79 Å². The largest absolute Gasteiger partial charge is 0.493 e. The maximum Gasteiger partial charge on any atom is 0.234 e. The second kappa shape index (κ2) is 8.25. The van der Waals surface area contributed by atoms with Gasteiger partial charge in [-0.15, -0.1) is 0 Å². The van der Waals surface area contributed by atoms with Crippen LogP contribution in [0.4, 0.5) is 5.69 Å². The average Bonchev–Trinajstić information content (AvgIpc) is 3.01. The summed E-state index contributed by atoms with van der Waals surface area (Å²) in [6.45, 7) is 0. The first-order valence-corrected chi connectivity index (χ1v) is 9.17. The molecule has 0 radical (unpaired) electrons. The maximum atomic E-state index is 12.0. The number of ether oxygens (including phenoxy) is 2. The molecule has 0 aliphatic rings. The molecule has 1 aromatic carbocycles.